The molecule has 2 aliphatic heterocycles. The molecule has 0 bridgehead atoms. The minimum absolute atomic E-state index is 0.170. The van der Waals surface area contributed by atoms with Crippen LogP contribution in [0.15, 0.2) is 41.0 Å². The average molecular weight is 421 g/mol. The first-order valence-electron chi connectivity index (χ1n) is 10.2. The number of benzene rings is 2. The lowest BCUT2D eigenvalue weighted by Crippen LogP contribution is -2.17. The SMILES string of the molecule is CC(C)(C)c1cc(/C=C2/N=C(c3ccc4c(c3)OCO4)OC2=O)cc(C(C)(C)C)c1O. The number of aromatic hydroxyl groups is 1. The predicted octanol–water partition coefficient (Wildman–Crippen LogP) is 5.06. The van der Waals surface area contributed by atoms with E-state index in [1.165, 1.54) is 0 Å². The van der Waals surface area contributed by atoms with Crippen LogP contribution in [0.4, 0.5) is 0 Å². The molecule has 0 atom stereocenters. The highest BCUT2D eigenvalue weighted by molar-refractivity contribution is 6.13. The first-order valence-corrected chi connectivity index (χ1v) is 10.2. The fourth-order valence-electron chi connectivity index (χ4n) is 3.60. The summed E-state index contributed by atoms with van der Waals surface area (Å²) in [6.07, 6.45) is 1.70. The van der Waals surface area contributed by atoms with E-state index in [2.05, 4.69) is 4.99 Å². The maximum atomic E-state index is 12.5. The number of carbonyl (C=O) groups is 1. The summed E-state index contributed by atoms with van der Waals surface area (Å²) in [5, 5.41) is 10.9. The number of fused-ring (bicyclic) bond motifs is 1. The molecule has 2 heterocycles. The van der Waals surface area contributed by atoms with E-state index in [1.807, 2.05) is 53.7 Å². The first kappa shape index (κ1) is 21.0. The maximum Gasteiger partial charge on any atom is 0.363 e. The highest BCUT2D eigenvalue weighted by Crippen LogP contribution is 2.40. The van der Waals surface area contributed by atoms with Gasteiger partial charge in [0.05, 0.1) is 0 Å². The Labute approximate surface area is 182 Å². The van der Waals surface area contributed by atoms with Crippen LogP contribution in [-0.2, 0) is 20.4 Å². The summed E-state index contributed by atoms with van der Waals surface area (Å²) in [6, 6.07) is 9.09. The molecule has 162 valence electrons. The second kappa shape index (κ2) is 7.15. The second-order valence-corrected chi connectivity index (χ2v) is 9.87. The van der Waals surface area contributed by atoms with Crippen LogP contribution in [0, 0.1) is 0 Å². The standard InChI is InChI=1S/C25H27NO5/c1-24(2,3)16-9-14(10-17(21(16)27)25(4,5)6)11-18-23(28)31-22(26-18)15-7-8-19-20(12-15)30-13-29-19/h7-12,27H,13H2,1-6H3/b18-11+. The number of ether oxygens (including phenoxy) is 3. The van der Waals surface area contributed by atoms with E-state index in [4.69, 9.17) is 14.2 Å². The van der Waals surface area contributed by atoms with Crippen LogP contribution in [0.5, 0.6) is 17.2 Å². The van der Waals surface area contributed by atoms with Crippen molar-refractivity contribution in [2.24, 2.45) is 4.99 Å². The third-order valence-electron chi connectivity index (χ3n) is 5.29. The van der Waals surface area contributed by atoms with Crippen molar-refractivity contribution in [3.8, 4) is 17.2 Å². The number of hydrogen-bond donors (Lipinski definition) is 1. The van der Waals surface area contributed by atoms with Gasteiger partial charge in [-0.1, -0.05) is 41.5 Å². The Morgan fingerprint density at radius 1 is 0.935 bits per heavy atom. The molecule has 0 unspecified atom stereocenters. The quantitative estimate of drug-likeness (QED) is 0.542. The van der Waals surface area contributed by atoms with Gasteiger partial charge < -0.3 is 19.3 Å². The molecule has 4 rings (SSSR count). The summed E-state index contributed by atoms with van der Waals surface area (Å²) >= 11 is 0. The fraction of sp³-hybridized carbons (Fsp3) is 0.360. The number of rotatable bonds is 2. The smallest absolute Gasteiger partial charge is 0.363 e. The summed E-state index contributed by atoms with van der Waals surface area (Å²) in [7, 11) is 0. The van der Waals surface area contributed by atoms with E-state index in [0.717, 1.165) is 16.7 Å². The minimum Gasteiger partial charge on any atom is -0.507 e. The zero-order valence-electron chi connectivity index (χ0n) is 18.7. The Bertz CT molecular complexity index is 1090. The molecule has 0 spiro atoms. The van der Waals surface area contributed by atoms with Crippen LogP contribution in [-0.4, -0.2) is 23.8 Å². The van der Waals surface area contributed by atoms with Crippen molar-refractivity contribution in [3.63, 3.8) is 0 Å². The molecular weight excluding hydrogens is 394 g/mol. The molecule has 2 aromatic rings. The van der Waals surface area contributed by atoms with Gasteiger partial charge in [-0.15, -0.1) is 0 Å². The Morgan fingerprint density at radius 2 is 1.55 bits per heavy atom. The number of cyclic esters (lactones) is 1. The van der Waals surface area contributed by atoms with Crippen molar-refractivity contribution in [3.05, 3.63) is 58.3 Å². The first-order chi connectivity index (χ1) is 14.4. The molecule has 0 aliphatic carbocycles. The molecule has 2 aliphatic rings. The van der Waals surface area contributed by atoms with Crippen LogP contribution in [0.2, 0.25) is 0 Å². The molecule has 31 heavy (non-hydrogen) atoms. The third-order valence-corrected chi connectivity index (χ3v) is 5.29. The highest BCUT2D eigenvalue weighted by Gasteiger charge is 2.29. The molecule has 0 fully saturated rings. The number of phenols is 1. The summed E-state index contributed by atoms with van der Waals surface area (Å²) < 4.78 is 16.1. The van der Waals surface area contributed by atoms with E-state index in [-0.39, 0.29) is 29.2 Å². The zero-order chi connectivity index (χ0) is 22.6. The van der Waals surface area contributed by atoms with Gasteiger partial charge >= 0.3 is 5.97 Å². The Morgan fingerprint density at radius 3 is 2.16 bits per heavy atom. The van der Waals surface area contributed by atoms with Crippen molar-refractivity contribution >= 4 is 17.9 Å². The number of hydrogen-bond acceptors (Lipinski definition) is 6. The minimum atomic E-state index is -0.518. The lowest BCUT2D eigenvalue weighted by Gasteiger charge is -2.27. The van der Waals surface area contributed by atoms with Gasteiger partial charge in [0.1, 0.15) is 5.75 Å². The molecule has 2 aromatic carbocycles. The lowest BCUT2D eigenvalue weighted by atomic mass is 9.78. The summed E-state index contributed by atoms with van der Waals surface area (Å²) in [5.41, 5.74) is 2.73. The van der Waals surface area contributed by atoms with Crippen molar-refractivity contribution in [2.45, 2.75) is 52.4 Å². The van der Waals surface area contributed by atoms with Crippen molar-refractivity contribution in [1.82, 2.24) is 0 Å². The largest absolute Gasteiger partial charge is 0.507 e. The molecule has 0 aromatic heterocycles. The molecular formula is C25H27NO5. The number of phenolic OH excluding ortho intramolecular Hbond substituents is 1. The van der Waals surface area contributed by atoms with Crippen molar-refractivity contribution in [1.29, 1.82) is 0 Å². The summed E-state index contributed by atoms with van der Waals surface area (Å²) in [6.45, 7) is 12.5. The Hall–Kier alpha value is -3.28. The average Bonchev–Trinajstić information content (AvgIpc) is 3.27. The fourth-order valence-corrected chi connectivity index (χ4v) is 3.60. The van der Waals surface area contributed by atoms with Crippen LogP contribution < -0.4 is 9.47 Å². The van der Waals surface area contributed by atoms with Crippen LogP contribution in [0.25, 0.3) is 6.08 Å². The molecule has 1 N–H and O–H groups in total. The van der Waals surface area contributed by atoms with E-state index in [0.29, 0.717) is 22.8 Å². The lowest BCUT2D eigenvalue weighted by molar-refractivity contribution is -0.129. The van der Waals surface area contributed by atoms with Gasteiger partial charge in [0.25, 0.3) is 0 Å². The molecule has 6 nitrogen and oxygen atoms in total. The van der Waals surface area contributed by atoms with Gasteiger partial charge in [0.2, 0.25) is 12.7 Å². The van der Waals surface area contributed by atoms with E-state index >= 15 is 0 Å². The van der Waals surface area contributed by atoms with Crippen molar-refractivity contribution in [2.75, 3.05) is 6.79 Å². The van der Waals surface area contributed by atoms with Gasteiger partial charge in [0.15, 0.2) is 17.2 Å². The third kappa shape index (κ3) is 4.02. The molecule has 0 radical (unpaired) electrons. The number of nitrogens with zero attached hydrogens (tertiary/aromatic N) is 1. The summed E-state index contributed by atoms with van der Waals surface area (Å²) in [5.74, 6) is 1.24. The Balaban J connectivity index is 1.76. The monoisotopic (exact) mass is 421 g/mol. The second-order valence-electron chi connectivity index (χ2n) is 9.87. The topological polar surface area (TPSA) is 77.3 Å². The molecule has 0 amide bonds. The number of carbonyl (C=O) groups excluding carboxylic acids is 1. The molecule has 0 saturated heterocycles. The van der Waals surface area contributed by atoms with E-state index in [9.17, 15) is 9.90 Å². The molecule has 6 heteroatoms. The number of aliphatic imine (C=N–C) groups is 1. The van der Waals surface area contributed by atoms with Gasteiger partial charge in [-0.2, -0.15) is 0 Å². The van der Waals surface area contributed by atoms with E-state index in [1.54, 1.807) is 24.3 Å². The molecule has 0 saturated carbocycles. The van der Waals surface area contributed by atoms with Gasteiger partial charge in [-0.25, -0.2) is 9.79 Å². The van der Waals surface area contributed by atoms with Gasteiger partial charge in [-0.3, -0.25) is 0 Å². The van der Waals surface area contributed by atoms with Crippen LogP contribution in [0.1, 0.15) is 63.8 Å². The van der Waals surface area contributed by atoms with Gasteiger partial charge in [0, 0.05) is 16.7 Å². The maximum absolute atomic E-state index is 12.5. The van der Waals surface area contributed by atoms with Crippen LogP contribution in [0.3, 0.4) is 0 Å². The highest BCUT2D eigenvalue weighted by atomic mass is 16.7. The van der Waals surface area contributed by atoms with Crippen LogP contribution >= 0.6 is 0 Å². The number of esters is 1. The van der Waals surface area contributed by atoms with Gasteiger partial charge in [-0.05, 0) is 52.8 Å². The normalized spacial score (nSPS) is 17.2. The Kier molecular flexibility index (Phi) is 4.84. The van der Waals surface area contributed by atoms with E-state index < -0.39 is 5.97 Å². The summed E-state index contributed by atoms with van der Waals surface area (Å²) in [4.78, 5) is 16.9. The van der Waals surface area contributed by atoms with Crippen molar-refractivity contribution < 1.29 is 24.1 Å². The zero-order valence-corrected chi connectivity index (χ0v) is 18.7. The predicted molar refractivity (Wildman–Crippen MR) is 119 cm³/mol.